The molecule has 94 valence electrons. The molecule has 1 N–H and O–H groups in total. The Balaban J connectivity index is 2.30. The number of pyridine rings is 1. The van der Waals surface area contributed by atoms with Crippen LogP contribution >= 0.6 is 34.8 Å². The van der Waals surface area contributed by atoms with E-state index in [1.165, 1.54) is 6.07 Å². The number of hydrogen-bond donors (Lipinski definition) is 1. The summed E-state index contributed by atoms with van der Waals surface area (Å²) in [6.45, 7) is -0.0697. The first-order chi connectivity index (χ1) is 8.60. The van der Waals surface area contributed by atoms with Crippen LogP contribution in [-0.2, 0) is 6.61 Å². The average Bonchev–Trinajstić information content (AvgIpc) is 2.36. The first-order valence-electron chi connectivity index (χ1n) is 4.99. The molecule has 0 aliphatic carbocycles. The topological polar surface area (TPSA) is 42.4 Å². The molecule has 0 spiro atoms. The van der Waals surface area contributed by atoms with Crippen molar-refractivity contribution >= 4 is 34.8 Å². The summed E-state index contributed by atoms with van der Waals surface area (Å²) in [6.07, 6.45) is 0. The first-order valence-corrected chi connectivity index (χ1v) is 6.12. The fraction of sp³-hybridized carbons (Fsp3) is 0.0833. The SMILES string of the molecule is OCc1cccc(Oc2nc(Cl)c(Cl)cc2Cl)c1. The molecule has 0 unspecified atom stereocenters. The predicted molar refractivity (Wildman–Crippen MR) is 71.7 cm³/mol. The van der Waals surface area contributed by atoms with Crippen LogP contribution in [0.3, 0.4) is 0 Å². The summed E-state index contributed by atoms with van der Waals surface area (Å²) >= 11 is 17.5. The van der Waals surface area contributed by atoms with Gasteiger partial charge in [0.15, 0.2) is 5.15 Å². The van der Waals surface area contributed by atoms with Crippen LogP contribution in [-0.4, -0.2) is 10.1 Å². The van der Waals surface area contributed by atoms with E-state index in [2.05, 4.69) is 4.98 Å². The largest absolute Gasteiger partial charge is 0.437 e. The third-order valence-electron chi connectivity index (χ3n) is 2.15. The van der Waals surface area contributed by atoms with Crippen molar-refractivity contribution in [2.75, 3.05) is 0 Å². The highest BCUT2D eigenvalue weighted by Crippen LogP contribution is 2.33. The van der Waals surface area contributed by atoms with Crippen molar-refractivity contribution in [1.29, 1.82) is 0 Å². The number of rotatable bonds is 3. The zero-order chi connectivity index (χ0) is 13.1. The Bertz CT molecular complexity index is 575. The van der Waals surface area contributed by atoms with Gasteiger partial charge in [0.25, 0.3) is 0 Å². The molecule has 0 saturated heterocycles. The highest BCUT2D eigenvalue weighted by molar-refractivity contribution is 6.42. The van der Waals surface area contributed by atoms with Gasteiger partial charge < -0.3 is 9.84 Å². The molecule has 6 heteroatoms. The number of benzene rings is 1. The molecule has 2 rings (SSSR count). The van der Waals surface area contributed by atoms with Crippen molar-refractivity contribution in [2.45, 2.75) is 6.61 Å². The molecule has 3 nitrogen and oxygen atoms in total. The van der Waals surface area contributed by atoms with Gasteiger partial charge in [-0.1, -0.05) is 46.9 Å². The molecule has 1 heterocycles. The fourth-order valence-electron chi connectivity index (χ4n) is 1.32. The summed E-state index contributed by atoms with van der Waals surface area (Å²) in [5.74, 6) is 0.676. The van der Waals surface area contributed by atoms with Gasteiger partial charge in [0.05, 0.1) is 11.6 Å². The minimum Gasteiger partial charge on any atom is -0.437 e. The van der Waals surface area contributed by atoms with E-state index >= 15 is 0 Å². The van der Waals surface area contributed by atoms with Crippen molar-refractivity contribution in [3.05, 3.63) is 51.1 Å². The summed E-state index contributed by atoms with van der Waals surface area (Å²) in [7, 11) is 0. The van der Waals surface area contributed by atoms with Gasteiger partial charge in [0, 0.05) is 0 Å². The zero-order valence-electron chi connectivity index (χ0n) is 9.03. The second-order valence-electron chi connectivity index (χ2n) is 3.46. The van der Waals surface area contributed by atoms with Crippen molar-refractivity contribution in [2.24, 2.45) is 0 Å². The summed E-state index contributed by atoms with van der Waals surface area (Å²) in [4.78, 5) is 3.94. The Hall–Kier alpha value is -1.000. The van der Waals surface area contributed by atoms with Crippen LogP contribution in [0.4, 0.5) is 0 Å². The standard InChI is InChI=1S/C12H8Cl3NO2/c13-9-5-10(14)12(16-11(9)15)18-8-3-1-2-7(4-8)6-17/h1-5,17H,6H2. The van der Waals surface area contributed by atoms with E-state index in [1.807, 2.05) is 0 Å². The molecule has 0 aliphatic rings. The lowest BCUT2D eigenvalue weighted by molar-refractivity contribution is 0.281. The summed E-state index contributed by atoms with van der Waals surface area (Å²) in [6, 6.07) is 8.40. The lowest BCUT2D eigenvalue weighted by atomic mass is 10.2. The van der Waals surface area contributed by atoms with E-state index in [9.17, 15) is 0 Å². The third kappa shape index (κ3) is 3.06. The lowest BCUT2D eigenvalue weighted by Crippen LogP contribution is -1.91. The van der Waals surface area contributed by atoms with Gasteiger partial charge in [-0.3, -0.25) is 0 Å². The van der Waals surface area contributed by atoms with Crippen LogP contribution in [0, 0.1) is 0 Å². The van der Waals surface area contributed by atoms with Gasteiger partial charge in [-0.2, -0.15) is 4.98 Å². The Morgan fingerprint density at radius 1 is 1.11 bits per heavy atom. The van der Waals surface area contributed by atoms with E-state index in [1.54, 1.807) is 24.3 Å². The Morgan fingerprint density at radius 2 is 1.89 bits per heavy atom. The Morgan fingerprint density at radius 3 is 2.61 bits per heavy atom. The number of ether oxygens (including phenoxy) is 1. The Kier molecular flexibility index (Phi) is 4.30. The number of aromatic nitrogens is 1. The number of aliphatic hydroxyl groups is 1. The van der Waals surface area contributed by atoms with Crippen LogP contribution in [0.2, 0.25) is 15.2 Å². The fourth-order valence-corrected chi connectivity index (χ4v) is 1.85. The molecule has 18 heavy (non-hydrogen) atoms. The van der Waals surface area contributed by atoms with Gasteiger partial charge in [0.1, 0.15) is 10.8 Å². The number of halogens is 3. The maximum absolute atomic E-state index is 9.03. The first kappa shape index (κ1) is 13.4. The lowest BCUT2D eigenvalue weighted by Gasteiger charge is -2.08. The molecule has 1 aromatic carbocycles. The maximum Gasteiger partial charge on any atom is 0.239 e. The molecule has 0 amide bonds. The smallest absolute Gasteiger partial charge is 0.239 e. The molecule has 0 atom stereocenters. The molecule has 1 aromatic heterocycles. The molecule has 0 radical (unpaired) electrons. The van der Waals surface area contributed by atoms with Crippen molar-refractivity contribution in [3.63, 3.8) is 0 Å². The van der Waals surface area contributed by atoms with Crippen LogP contribution < -0.4 is 4.74 Å². The highest BCUT2D eigenvalue weighted by atomic mass is 35.5. The summed E-state index contributed by atoms with van der Waals surface area (Å²) in [5.41, 5.74) is 0.726. The van der Waals surface area contributed by atoms with Crippen LogP contribution in [0.15, 0.2) is 30.3 Å². The summed E-state index contributed by atoms with van der Waals surface area (Å²) < 4.78 is 5.49. The quantitative estimate of drug-likeness (QED) is 0.858. The number of aliphatic hydroxyl groups excluding tert-OH is 1. The third-order valence-corrected chi connectivity index (χ3v) is 3.09. The van der Waals surface area contributed by atoms with Gasteiger partial charge in [-0.05, 0) is 23.8 Å². The molecule has 0 bridgehead atoms. The highest BCUT2D eigenvalue weighted by Gasteiger charge is 2.10. The predicted octanol–water partition coefficient (Wildman–Crippen LogP) is 4.33. The van der Waals surface area contributed by atoms with Gasteiger partial charge >= 0.3 is 0 Å². The second-order valence-corrected chi connectivity index (χ2v) is 4.63. The van der Waals surface area contributed by atoms with E-state index in [0.29, 0.717) is 5.75 Å². The average molecular weight is 305 g/mol. The molecular weight excluding hydrogens is 296 g/mol. The monoisotopic (exact) mass is 303 g/mol. The number of hydrogen-bond acceptors (Lipinski definition) is 3. The number of nitrogens with zero attached hydrogens (tertiary/aromatic N) is 1. The van der Waals surface area contributed by atoms with Gasteiger partial charge in [-0.15, -0.1) is 0 Å². The van der Waals surface area contributed by atoms with Crippen LogP contribution in [0.1, 0.15) is 5.56 Å². The van der Waals surface area contributed by atoms with Gasteiger partial charge in [-0.25, -0.2) is 0 Å². The van der Waals surface area contributed by atoms with Crippen molar-refractivity contribution in [3.8, 4) is 11.6 Å². The molecule has 0 saturated carbocycles. The molecule has 0 fully saturated rings. The molecule has 0 aliphatic heterocycles. The van der Waals surface area contributed by atoms with Crippen molar-refractivity contribution < 1.29 is 9.84 Å². The van der Waals surface area contributed by atoms with Crippen LogP contribution in [0.5, 0.6) is 11.6 Å². The van der Waals surface area contributed by atoms with Crippen molar-refractivity contribution in [1.82, 2.24) is 4.98 Å². The van der Waals surface area contributed by atoms with E-state index in [4.69, 9.17) is 44.6 Å². The minimum atomic E-state index is -0.0697. The van der Waals surface area contributed by atoms with E-state index in [0.717, 1.165) is 5.56 Å². The van der Waals surface area contributed by atoms with Crippen LogP contribution in [0.25, 0.3) is 0 Å². The molecular formula is C12H8Cl3NO2. The maximum atomic E-state index is 9.03. The van der Waals surface area contributed by atoms with Gasteiger partial charge in [0.2, 0.25) is 5.88 Å². The minimum absolute atomic E-state index is 0.0697. The summed E-state index contributed by atoms with van der Waals surface area (Å²) in [5, 5.41) is 9.67. The normalized spacial score (nSPS) is 10.4. The molecule has 2 aromatic rings. The Labute approximate surface area is 119 Å². The van der Waals surface area contributed by atoms with E-state index < -0.39 is 0 Å². The zero-order valence-corrected chi connectivity index (χ0v) is 11.3. The van der Waals surface area contributed by atoms with E-state index in [-0.39, 0.29) is 27.7 Å². The second kappa shape index (κ2) is 5.76.